The Morgan fingerprint density at radius 1 is 1.46 bits per heavy atom. The van der Waals surface area contributed by atoms with Crippen molar-refractivity contribution in [3.05, 3.63) is 0 Å². The van der Waals surface area contributed by atoms with Gasteiger partial charge in [-0.3, -0.25) is 0 Å². The number of morpholine rings is 1. The van der Waals surface area contributed by atoms with E-state index in [0.29, 0.717) is 24.1 Å². The zero-order chi connectivity index (χ0) is 8.84. The third kappa shape index (κ3) is 1.06. The van der Waals surface area contributed by atoms with Crippen LogP contribution in [0.15, 0.2) is 0 Å². The van der Waals surface area contributed by atoms with E-state index in [1.165, 1.54) is 6.42 Å². The normalized spacial score (nSPS) is 31.5. The molecule has 3 aliphatic heterocycles. The van der Waals surface area contributed by atoms with Crippen LogP contribution in [-0.2, 0) is 4.74 Å². The number of fused-ring (bicyclic) bond motifs is 2. The number of nitrogens with two attached hydrogens (primary N) is 1. The van der Waals surface area contributed by atoms with Gasteiger partial charge in [0.05, 0.1) is 12.2 Å². The van der Waals surface area contributed by atoms with Crippen LogP contribution in [0.1, 0.15) is 6.42 Å². The summed E-state index contributed by atoms with van der Waals surface area (Å²) in [7, 11) is 0. The van der Waals surface area contributed by atoms with Crippen LogP contribution in [0.4, 0.5) is 11.9 Å². The van der Waals surface area contributed by atoms with Crippen LogP contribution in [0.3, 0.4) is 0 Å². The predicted molar refractivity (Wildman–Crippen MR) is 46.3 cm³/mol. The Hall–Kier alpha value is -1.30. The lowest BCUT2D eigenvalue weighted by Crippen LogP contribution is -2.57. The summed E-state index contributed by atoms with van der Waals surface area (Å²) in [5.74, 6) is 1.06. The number of rotatable bonds is 1. The molecule has 1 aromatic heterocycles. The molecule has 3 fully saturated rings. The molecule has 0 aliphatic carbocycles. The maximum atomic E-state index is 5.49. The van der Waals surface area contributed by atoms with E-state index in [9.17, 15) is 0 Å². The van der Waals surface area contributed by atoms with Gasteiger partial charge in [0.2, 0.25) is 11.9 Å². The highest BCUT2D eigenvalue weighted by Crippen LogP contribution is 2.29. The maximum absolute atomic E-state index is 5.49. The molecule has 70 valence electrons. The highest BCUT2D eigenvalue weighted by molar-refractivity contribution is 5.35. The maximum Gasteiger partial charge on any atom is 0.246 e. The average molecular weight is 181 g/mol. The van der Waals surface area contributed by atoms with E-state index in [0.717, 1.165) is 13.1 Å². The molecule has 2 atom stereocenters. The second-order valence-electron chi connectivity index (χ2n) is 3.54. The molecular formula is C7H11N5O. The Bertz CT molecular complexity index is 308. The van der Waals surface area contributed by atoms with Gasteiger partial charge in [-0.05, 0) is 0 Å². The van der Waals surface area contributed by atoms with E-state index in [1.807, 2.05) is 0 Å². The van der Waals surface area contributed by atoms with E-state index in [2.05, 4.69) is 20.1 Å². The topological polar surface area (TPSA) is 80.1 Å². The number of piperidine rings is 1. The quantitative estimate of drug-likeness (QED) is 0.602. The van der Waals surface area contributed by atoms with Crippen molar-refractivity contribution in [3.8, 4) is 0 Å². The van der Waals surface area contributed by atoms with Gasteiger partial charge in [0, 0.05) is 19.5 Å². The van der Waals surface area contributed by atoms with Gasteiger partial charge in [-0.1, -0.05) is 0 Å². The lowest BCUT2D eigenvalue weighted by atomic mass is 9.99. The largest absolute Gasteiger partial charge is 0.371 e. The van der Waals surface area contributed by atoms with Crippen molar-refractivity contribution in [2.45, 2.75) is 18.6 Å². The molecular weight excluding hydrogens is 170 g/mol. The Labute approximate surface area is 75.1 Å². The first-order chi connectivity index (χ1) is 6.31. The van der Waals surface area contributed by atoms with E-state index in [4.69, 9.17) is 10.5 Å². The minimum atomic E-state index is 0.371. The van der Waals surface area contributed by atoms with Crippen LogP contribution in [0, 0.1) is 0 Å². The van der Waals surface area contributed by atoms with Crippen molar-refractivity contribution in [2.24, 2.45) is 0 Å². The Morgan fingerprint density at radius 2 is 2.15 bits per heavy atom. The third-order valence-corrected chi connectivity index (χ3v) is 2.53. The number of nitrogens with one attached hydrogen (secondary N) is 1. The smallest absolute Gasteiger partial charge is 0.246 e. The van der Waals surface area contributed by atoms with Gasteiger partial charge in [-0.2, -0.15) is 4.98 Å². The van der Waals surface area contributed by atoms with Crippen LogP contribution in [0.5, 0.6) is 0 Å². The minimum Gasteiger partial charge on any atom is -0.371 e. The van der Waals surface area contributed by atoms with Gasteiger partial charge in [0.1, 0.15) is 0 Å². The summed E-state index contributed by atoms with van der Waals surface area (Å²) in [6.07, 6.45) is 1.92. The molecule has 0 spiro atoms. The molecule has 4 heterocycles. The first-order valence-electron chi connectivity index (χ1n) is 4.39. The molecule has 6 heteroatoms. The predicted octanol–water partition coefficient (Wildman–Crippen LogP) is -0.636. The number of nitrogens with zero attached hydrogens (tertiary/aromatic N) is 3. The fourth-order valence-electron chi connectivity index (χ4n) is 1.93. The summed E-state index contributed by atoms with van der Waals surface area (Å²) in [5, 5.41) is 6.63. The third-order valence-electron chi connectivity index (χ3n) is 2.53. The van der Waals surface area contributed by atoms with Crippen LogP contribution in [-0.4, -0.2) is 40.5 Å². The molecule has 6 nitrogen and oxygen atoms in total. The fraction of sp³-hybridized carbons (Fsp3) is 0.714. The Balaban J connectivity index is 1.79. The molecule has 0 aromatic carbocycles. The lowest BCUT2D eigenvalue weighted by Gasteiger charge is -2.46. The van der Waals surface area contributed by atoms with Crippen LogP contribution < -0.4 is 10.6 Å². The summed E-state index contributed by atoms with van der Waals surface area (Å²) in [4.78, 5) is 6.18. The van der Waals surface area contributed by atoms with Crippen molar-refractivity contribution in [1.29, 1.82) is 0 Å². The molecule has 3 saturated heterocycles. The molecule has 1 aromatic rings. The summed E-state index contributed by atoms with van der Waals surface area (Å²) in [6, 6.07) is 0. The van der Waals surface area contributed by atoms with Crippen molar-refractivity contribution in [1.82, 2.24) is 15.2 Å². The van der Waals surface area contributed by atoms with Crippen LogP contribution in [0.2, 0.25) is 0 Å². The minimum absolute atomic E-state index is 0.371. The Morgan fingerprint density at radius 3 is 2.69 bits per heavy atom. The molecule has 4 rings (SSSR count). The second kappa shape index (κ2) is 2.35. The van der Waals surface area contributed by atoms with Crippen molar-refractivity contribution >= 4 is 11.9 Å². The number of aromatic amines is 1. The van der Waals surface area contributed by atoms with Gasteiger partial charge >= 0.3 is 0 Å². The van der Waals surface area contributed by atoms with E-state index in [1.54, 1.807) is 0 Å². The number of hydrogen-bond donors (Lipinski definition) is 2. The number of nitrogen functional groups attached to an aromatic ring is 1. The number of hydrogen-bond acceptors (Lipinski definition) is 5. The molecule has 2 bridgehead atoms. The molecule has 2 unspecified atom stereocenters. The van der Waals surface area contributed by atoms with Crippen LogP contribution >= 0.6 is 0 Å². The molecule has 3 N–H and O–H groups in total. The molecule has 13 heavy (non-hydrogen) atoms. The monoisotopic (exact) mass is 181 g/mol. The average Bonchev–Trinajstić information content (AvgIpc) is 2.51. The van der Waals surface area contributed by atoms with Crippen molar-refractivity contribution in [3.63, 3.8) is 0 Å². The van der Waals surface area contributed by atoms with Crippen molar-refractivity contribution in [2.75, 3.05) is 23.7 Å². The second-order valence-corrected chi connectivity index (χ2v) is 3.54. The molecule has 0 amide bonds. The molecule has 0 saturated carbocycles. The first kappa shape index (κ1) is 7.14. The lowest BCUT2D eigenvalue weighted by molar-refractivity contribution is -0.133. The van der Waals surface area contributed by atoms with Crippen molar-refractivity contribution < 1.29 is 4.74 Å². The van der Waals surface area contributed by atoms with Gasteiger partial charge < -0.3 is 15.4 Å². The SMILES string of the molecule is Nc1nc(N2CC3CC(C2)O3)n[nH]1. The number of H-pyrrole nitrogens is 1. The van der Waals surface area contributed by atoms with Gasteiger partial charge in [-0.15, -0.1) is 5.10 Å². The highest BCUT2D eigenvalue weighted by Gasteiger charge is 2.39. The highest BCUT2D eigenvalue weighted by atomic mass is 16.5. The molecule has 0 radical (unpaired) electrons. The summed E-state index contributed by atoms with van der Waals surface area (Å²) >= 11 is 0. The Kier molecular flexibility index (Phi) is 1.29. The number of anilines is 2. The standard InChI is InChI=1S/C7H11N5O/c8-6-9-7(11-10-6)12-2-4-1-5(3-12)13-4/h4-5H,1-3H2,(H3,8,9,10,11). The van der Waals surface area contributed by atoms with E-state index in [-0.39, 0.29) is 0 Å². The van der Waals surface area contributed by atoms with Gasteiger partial charge in [-0.25, -0.2) is 5.10 Å². The summed E-state index contributed by atoms with van der Waals surface area (Å²) in [6.45, 7) is 1.77. The number of ether oxygens (including phenoxy) is 1. The molecule has 3 aliphatic rings. The first-order valence-corrected chi connectivity index (χ1v) is 4.39. The van der Waals surface area contributed by atoms with E-state index < -0.39 is 0 Å². The summed E-state index contributed by atoms with van der Waals surface area (Å²) < 4.78 is 5.49. The van der Waals surface area contributed by atoms with Crippen LogP contribution in [0.25, 0.3) is 0 Å². The zero-order valence-electron chi connectivity index (χ0n) is 7.10. The fourth-order valence-corrected chi connectivity index (χ4v) is 1.93. The number of aromatic nitrogens is 3. The van der Waals surface area contributed by atoms with Gasteiger partial charge in [0.25, 0.3) is 0 Å². The zero-order valence-corrected chi connectivity index (χ0v) is 7.10. The van der Waals surface area contributed by atoms with Gasteiger partial charge in [0.15, 0.2) is 0 Å². The summed E-state index contributed by atoms with van der Waals surface area (Å²) in [5.41, 5.74) is 5.44. The van der Waals surface area contributed by atoms with E-state index >= 15 is 0 Å².